The predicted octanol–water partition coefficient (Wildman–Crippen LogP) is 2.41. The number of carbonyl (C=O) groups is 2. The second-order valence-corrected chi connectivity index (χ2v) is 8.58. The zero-order valence-corrected chi connectivity index (χ0v) is 17.1. The number of nitrogens with one attached hydrogen (secondary N) is 1. The van der Waals surface area contributed by atoms with Crippen molar-refractivity contribution in [3.05, 3.63) is 47.6 Å². The van der Waals surface area contributed by atoms with E-state index in [9.17, 15) is 9.59 Å². The number of likely N-dealkylation sites (tertiary alicyclic amines) is 1. The smallest absolute Gasteiger partial charge is 0.303 e. The molecular formula is C21H28N4O4. The van der Waals surface area contributed by atoms with Gasteiger partial charge in [0.15, 0.2) is 5.82 Å². The van der Waals surface area contributed by atoms with Gasteiger partial charge in [-0.1, -0.05) is 49.3 Å². The number of amides is 1. The Bertz CT molecular complexity index is 849. The molecule has 0 bridgehead atoms. The topological polar surface area (TPSA) is 109 Å². The Hall–Kier alpha value is -2.74. The monoisotopic (exact) mass is 400 g/mol. The maximum Gasteiger partial charge on any atom is 0.303 e. The molecule has 0 spiro atoms. The molecule has 8 nitrogen and oxygen atoms in total. The van der Waals surface area contributed by atoms with Gasteiger partial charge in [0.05, 0.1) is 12.5 Å². The highest BCUT2D eigenvalue weighted by molar-refractivity contribution is 5.78. The van der Waals surface area contributed by atoms with E-state index in [-0.39, 0.29) is 30.8 Å². The van der Waals surface area contributed by atoms with E-state index in [0.29, 0.717) is 31.1 Å². The summed E-state index contributed by atoms with van der Waals surface area (Å²) >= 11 is 0. The summed E-state index contributed by atoms with van der Waals surface area (Å²) < 4.78 is 5.49. The van der Waals surface area contributed by atoms with Gasteiger partial charge in [0.2, 0.25) is 11.8 Å². The Morgan fingerprint density at radius 2 is 2.00 bits per heavy atom. The van der Waals surface area contributed by atoms with Gasteiger partial charge in [0.25, 0.3) is 0 Å². The van der Waals surface area contributed by atoms with Crippen molar-refractivity contribution in [3.63, 3.8) is 0 Å². The van der Waals surface area contributed by atoms with Crippen molar-refractivity contribution >= 4 is 11.9 Å². The molecule has 1 aromatic heterocycles. The number of aliphatic carboxylic acids is 1. The van der Waals surface area contributed by atoms with E-state index in [1.807, 2.05) is 37.4 Å². The number of carboxylic acid groups (broad SMARTS) is 1. The molecule has 1 amide bonds. The summed E-state index contributed by atoms with van der Waals surface area (Å²) in [6.07, 6.45) is 1.42. The van der Waals surface area contributed by atoms with Crippen LogP contribution in [0, 0.1) is 5.41 Å². The van der Waals surface area contributed by atoms with Crippen LogP contribution in [0.4, 0.5) is 0 Å². The molecule has 3 rings (SSSR count). The standard InChI is InChI=1S/C21H28N4O4/c1-21(2,12-19(27)28)11-18(26)22-15-10-16(25(3)13-15)20-23-17(24-29-20)9-14-7-5-4-6-8-14/h4-8,15-16H,9-13H2,1-3H3,(H,22,26)(H,27,28)/t15-,16+/m1/s1. The number of rotatable bonds is 8. The molecule has 0 saturated carbocycles. The molecule has 1 fully saturated rings. The van der Waals surface area contributed by atoms with Crippen LogP contribution in [-0.4, -0.2) is 51.7 Å². The van der Waals surface area contributed by atoms with Crippen molar-refractivity contribution in [1.82, 2.24) is 20.4 Å². The third-order valence-corrected chi connectivity index (χ3v) is 5.16. The number of carboxylic acids is 1. The average molecular weight is 400 g/mol. The SMILES string of the molecule is CN1C[C@H](NC(=O)CC(C)(C)CC(=O)O)C[C@H]1c1nc(Cc2ccccc2)no1. The van der Waals surface area contributed by atoms with E-state index in [4.69, 9.17) is 9.63 Å². The number of nitrogens with zero attached hydrogens (tertiary/aromatic N) is 3. The lowest BCUT2D eigenvalue weighted by Gasteiger charge is -2.22. The molecule has 29 heavy (non-hydrogen) atoms. The van der Waals surface area contributed by atoms with Gasteiger partial charge in [0, 0.05) is 25.4 Å². The third kappa shape index (κ3) is 5.87. The van der Waals surface area contributed by atoms with Crippen LogP contribution >= 0.6 is 0 Å². The van der Waals surface area contributed by atoms with E-state index in [0.717, 1.165) is 5.56 Å². The van der Waals surface area contributed by atoms with Crippen molar-refractivity contribution < 1.29 is 19.2 Å². The molecule has 1 aliphatic heterocycles. The normalized spacial score (nSPS) is 20.0. The van der Waals surface area contributed by atoms with E-state index in [2.05, 4.69) is 20.4 Å². The van der Waals surface area contributed by atoms with E-state index >= 15 is 0 Å². The van der Waals surface area contributed by atoms with E-state index in [1.54, 1.807) is 13.8 Å². The first-order valence-electron chi connectivity index (χ1n) is 9.80. The minimum atomic E-state index is -0.897. The van der Waals surface area contributed by atoms with Crippen molar-refractivity contribution in [2.24, 2.45) is 5.41 Å². The van der Waals surface area contributed by atoms with Gasteiger partial charge in [0.1, 0.15) is 0 Å². The lowest BCUT2D eigenvalue weighted by Crippen LogP contribution is -2.38. The molecule has 2 N–H and O–H groups in total. The Morgan fingerprint density at radius 1 is 1.28 bits per heavy atom. The summed E-state index contributed by atoms with van der Waals surface area (Å²) in [6, 6.07) is 9.88. The minimum Gasteiger partial charge on any atom is -0.481 e. The van der Waals surface area contributed by atoms with E-state index in [1.165, 1.54) is 0 Å². The molecule has 1 saturated heterocycles. The lowest BCUT2D eigenvalue weighted by atomic mass is 9.85. The molecule has 1 aliphatic rings. The highest BCUT2D eigenvalue weighted by Gasteiger charge is 2.36. The van der Waals surface area contributed by atoms with Crippen LogP contribution in [0.15, 0.2) is 34.9 Å². The second-order valence-electron chi connectivity index (χ2n) is 8.58. The van der Waals surface area contributed by atoms with Crippen LogP contribution in [0.25, 0.3) is 0 Å². The molecule has 1 aromatic carbocycles. The van der Waals surface area contributed by atoms with Gasteiger partial charge in [-0.3, -0.25) is 14.5 Å². The minimum absolute atomic E-state index is 0.0393. The van der Waals surface area contributed by atoms with Crippen LogP contribution in [0.5, 0.6) is 0 Å². The first-order valence-corrected chi connectivity index (χ1v) is 9.80. The van der Waals surface area contributed by atoms with Gasteiger partial charge in [-0.15, -0.1) is 0 Å². The zero-order chi connectivity index (χ0) is 21.0. The van der Waals surface area contributed by atoms with Crippen LogP contribution < -0.4 is 5.32 Å². The summed E-state index contributed by atoms with van der Waals surface area (Å²) in [4.78, 5) is 30.0. The molecule has 8 heteroatoms. The highest BCUT2D eigenvalue weighted by atomic mass is 16.5. The van der Waals surface area contributed by atoms with Crippen LogP contribution in [0.1, 0.15) is 56.4 Å². The Labute approximate surface area is 170 Å². The highest BCUT2D eigenvalue weighted by Crippen LogP contribution is 2.30. The van der Waals surface area contributed by atoms with Gasteiger partial charge < -0.3 is 14.9 Å². The number of aromatic nitrogens is 2. The number of benzene rings is 1. The number of likely N-dealkylation sites (N-methyl/N-ethyl adjacent to an activating group) is 1. The van der Waals surface area contributed by atoms with E-state index < -0.39 is 11.4 Å². The molecule has 0 radical (unpaired) electrons. The molecule has 2 aromatic rings. The summed E-state index contributed by atoms with van der Waals surface area (Å²) in [6.45, 7) is 4.25. The molecule has 2 heterocycles. The fraction of sp³-hybridized carbons (Fsp3) is 0.524. The summed E-state index contributed by atoms with van der Waals surface area (Å²) in [5, 5.41) is 16.1. The van der Waals surface area contributed by atoms with Crippen LogP contribution in [-0.2, 0) is 16.0 Å². The largest absolute Gasteiger partial charge is 0.481 e. The molecule has 156 valence electrons. The van der Waals surface area contributed by atoms with Gasteiger partial charge in [-0.2, -0.15) is 4.98 Å². The first-order chi connectivity index (χ1) is 13.7. The molecule has 2 atom stereocenters. The maximum atomic E-state index is 12.4. The van der Waals surface area contributed by atoms with Crippen molar-refractivity contribution in [3.8, 4) is 0 Å². The Balaban J connectivity index is 1.56. The first kappa shape index (κ1) is 21.0. The zero-order valence-electron chi connectivity index (χ0n) is 17.1. The quantitative estimate of drug-likeness (QED) is 0.700. The van der Waals surface area contributed by atoms with Crippen LogP contribution in [0.2, 0.25) is 0 Å². The molecule has 0 aliphatic carbocycles. The van der Waals surface area contributed by atoms with Crippen molar-refractivity contribution in [2.45, 2.75) is 51.6 Å². The molecular weight excluding hydrogens is 372 g/mol. The summed E-state index contributed by atoms with van der Waals surface area (Å²) in [5.74, 6) is 0.167. The van der Waals surface area contributed by atoms with Crippen molar-refractivity contribution in [2.75, 3.05) is 13.6 Å². The predicted molar refractivity (Wildman–Crippen MR) is 106 cm³/mol. The van der Waals surface area contributed by atoms with Gasteiger partial charge >= 0.3 is 5.97 Å². The maximum absolute atomic E-state index is 12.4. The Morgan fingerprint density at radius 3 is 2.69 bits per heavy atom. The fourth-order valence-electron chi connectivity index (χ4n) is 3.83. The van der Waals surface area contributed by atoms with Gasteiger partial charge in [-0.25, -0.2) is 0 Å². The van der Waals surface area contributed by atoms with Gasteiger partial charge in [-0.05, 0) is 24.4 Å². The summed E-state index contributed by atoms with van der Waals surface area (Å²) in [5.41, 5.74) is 0.535. The molecule has 0 unspecified atom stereocenters. The number of hydrogen-bond acceptors (Lipinski definition) is 6. The number of carbonyl (C=O) groups excluding carboxylic acids is 1. The second kappa shape index (κ2) is 8.73. The average Bonchev–Trinajstić information content (AvgIpc) is 3.20. The number of hydrogen-bond donors (Lipinski definition) is 2. The van der Waals surface area contributed by atoms with Crippen LogP contribution in [0.3, 0.4) is 0 Å². The summed E-state index contributed by atoms with van der Waals surface area (Å²) in [7, 11) is 1.96. The lowest BCUT2D eigenvalue weighted by molar-refractivity contribution is -0.139. The Kier molecular flexibility index (Phi) is 6.32. The fourth-order valence-corrected chi connectivity index (χ4v) is 3.83. The third-order valence-electron chi connectivity index (χ3n) is 5.16. The van der Waals surface area contributed by atoms with Crippen molar-refractivity contribution in [1.29, 1.82) is 0 Å².